The van der Waals surface area contributed by atoms with Crippen LogP contribution in [-0.2, 0) is 0 Å². The van der Waals surface area contributed by atoms with Crippen LogP contribution >= 0.6 is 0 Å². The summed E-state index contributed by atoms with van der Waals surface area (Å²) in [5.74, 6) is 0. The molecule has 4 heteroatoms. The van der Waals surface area contributed by atoms with Gasteiger partial charge in [-0.25, -0.2) is 0 Å². The standard InChI is InChI=1S/C12H20N4/c1-6-8-16(5)15-9-11(10(3)13)12(7-2)14-4/h6-7,9H,1-2,8,13H2,3-5H3/b11-10?,14-12?,15-9-. The Kier molecular flexibility index (Phi) is 6.59. The van der Waals surface area contributed by atoms with Gasteiger partial charge in [0.05, 0.1) is 18.5 Å². The van der Waals surface area contributed by atoms with Gasteiger partial charge >= 0.3 is 0 Å². The highest BCUT2D eigenvalue weighted by atomic mass is 15.4. The molecule has 0 unspecified atom stereocenters. The molecular formula is C12H20N4. The number of aliphatic imine (C=N–C) groups is 1. The Balaban J connectivity index is 4.93. The Hall–Kier alpha value is -1.84. The number of allylic oxidation sites excluding steroid dienone is 3. The number of nitrogens with zero attached hydrogens (tertiary/aromatic N) is 3. The van der Waals surface area contributed by atoms with Crippen LogP contribution in [0.5, 0.6) is 0 Å². The molecule has 16 heavy (non-hydrogen) atoms. The fourth-order valence-electron chi connectivity index (χ4n) is 1.08. The Morgan fingerprint density at radius 1 is 1.44 bits per heavy atom. The van der Waals surface area contributed by atoms with Crippen LogP contribution in [0.2, 0.25) is 0 Å². The van der Waals surface area contributed by atoms with E-state index in [0.717, 1.165) is 11.3 Å². The summed E-state index contributed by atoms with van der Waals surface area (Å²) in [6.07, 6.45) is 5.12. The Morgan fingerprint density at radius 2 is 2.06 bits per heavy atom. The molecular weight excluding hydrogens is 200 g/mol. The molecule has 0 aromatic rings. The lowest BCUT2D eigenvalue weighted by Crippen LogP contribution is -2.14. The summed E-state index contributed by atoms with van der Waals surface area (Å²) in [6.45, 7) is 9.81. The first-order chi connectivity index (χ1) is 7.56. The van der Waals surface area contributed by atoms with Crippen molar-refractivity contribution in [2.45, 2.75) is 6.92 Å². The van der Waals surface area contributed by atoms with Crippen molar-refractivity contribution in [1.82, 2.24) is 5.01 Å². The summed E-state index contributed by atoms with van der Waals surface area (Å²) in [5, 5.41) is 5.98. The van der Waals surface area contributed by atoms with Crippen LogP contribution in [0.1, 0.15) is 6.92 Å². The van der Waals surface area contributed by atoms with E-state index in [1.807, 2.05) is 14.0 Å². The lowest BCUT2D eigenvalue weighted by molar-refractivity contribution is 0.397. The summed E-state index contributed by atoms with van der Waals surface area (Å²) in [7, 11) is 3.56. The molecule has 0 rings (SSSR count). The van der Waals surface area contributed by atoms with Crippen molar-refractivity contribution in [2.75, 3.05) is 20.6 Å². The average Bonchev–Trinajstić information content (AvgIpc) is 2.24. The molecule has 4 nitrogen and oxygen atoms in total. The van der Waals surface area contributed by atoms with Gasteiger partial charge in [-0.05, 0) is 13.0 Å². The smallest absolute Gasteiger partial charge is 0.0670 e. The van der Waals surface area contributed by atoms with Crippen LogP contribution in [-0.4, -0.2) is 37.6 Å². The molecule has 0 amide bonds. The third-order valence-electron chi connectivity index (χ3n) is 1.91. The van der Waals surface area contributed by atoms with E-state index in [2.05, 4.69) is 23.3 Å². The van der Waals surface area contributed by atoms with E-state index >= 15 is 0 Å². The van der Waals surface area contributed by atoms with E-state index in [-0.39, 0.29) is 0 Å². The molecule has 0 aromatic heterocycles. The third-order valence-corrected chi connectivity index (χ3v) is 1.91. The second kappa shape index (κ2) is 7.45. The maximum absolute atomic E-state index is 5.77. The topological polar surface area (TPSA) is 54.0 Å². The fourth-order valence-corrected chi connectivity index (χ4v) is 1.08. The van der Waals surface area contributed by atoms with Gasteiger partial charge in [0.25, 0.3) is 0 Å². The maximum Gasteiger partial charge on any atom is 0.0670 e. The zero-order valence-corrected chi connectivity index (χ0v) is 10.3. The minimum absolute atomic E-state index is 0.663. The minimum Gasteiger partial charge on any atom is -0.402 e. The molecule has 0 aromatic carbocycles. The van der Waals surface area contributed by atoms with Crippen LogP contribution < -0.4 is 5.73 Å². The SMILES string of the molecule is C=CCN(C)/N=C\C(C(C=C)=NC)=C(C)N. The molecule has 0 saturated carbocycles. The second-order valence-corrected chi connectivity index (χ2v) is 3.28. The quantitative estimate of drug-likeness (QED) is 0.420. The van der Waals surface area contributed by atoms with Crippen LogP contribution in [0.3, 0.4) is 0 Å². The fraction of sp³-hybridized carbons (Fsp3) is 0.333. The van der Waals surface area contributed by atoms with Gasteiger partial charge in [-0.3, -0.25) is 10.0 Å². The van der Waals surface area contributed by atoms with Gasteiger partial charge in [0, 0.05) is 25.4 Å². The molecule has 0 spiro atoms. The molecule has 0 aliphatic carbocycles. The van der Waals surface area contributed by atoms with E-state index in [9.17, 15) is 0 Å². The molecule has 88 valence electrons. The Bertz CT molecular complexity index is 333. The van der Waals surface area contributed by atoms with E-state index in [1.165, 1.54) is 0 Å². The van der Waals surface area contributed by atoms with Crippen LogP contribution in [0.15, 0.2) is 46.7 Å². The molecule has 0 aliphatic rings. The maximum atomic E-state index is 5.77. The van der Waals surface area contributed by atoms with Crippen molar-refractivity contribution in [3.05, 3.63) is 36.6 Å². The molecule has 0 heterocycles. The molecule has 0 radical (unpaired) electrons. The molecule has 0 atom stereocenters. The largest absolute Gasteiger partial charge is 0.402 e. The van der Waals surface area contributed by atoms with Gasteiger partial charge in [0.1, 0.15) is 0 Å². The van der Waals surface area contributed by atoms with Crippen molar-refractivity contribution in [3.63, 3.8) is 0 Å². The number of rotatable bonds is 6. The molecule has 0 saturated heterocycles. The summed E-state index contributed by atoms with van der Waals surface area (Å²) in [6, 6.07) is 0. The van der Waals surface area contributed by atoms with Gasteiger partial charge in [0.15, 0.2) is 0 Å². The van der Waals surface area contributed by atoms with Crippen molar-refractivity contribution in [3.8, 4) is 0 Å². The summed E-state index contributed by atoms with van der Waals surface area (Å²) < 4.78 is 0. The zero-order valence-electron chi connectivity index (χ0n) is 10.3. The highest BCUT2D eigenvalue weighted by Gasteiger charge is 2.02. The van der Waals surface area contributed by atoms with Crippen molar-refractivity contribution in [2.24, 2.45) is 15.8 Å². The monoisotopic (exact) mass is 220 g/mol. The lowest BCUT2D eigenvalue weighted by Gasteiger charge is -2.10. The summed E-state index contributed by atoms with van der Waals surface area (Å²) in [4.78, 5) is 4.08. The van der Waals surface area contributed by atoms with Crippen molar-refractivity contribution in [1.29, 1.82) is 0 Å². The van der Waals surface area contributed by atoms with Crippen LogP contribution in [0.25, 0.3) is 0 Å². The van der Waals surface area contributed by atoms with Gasteiger partial charge in [-0.2, -0.15) is 5.10 Å². The predicted molar refractivity (Wildman–Crippen MR) is 71.8 cm³/mol. The van der Waals surface area contributed by atoms with Gasteiger partial charge < -0.3 is 5.73 Å². The average molecular weight is 220 g/mol. The third kappa shape index (κ3) is 4.59. The lowest BCUT2D eigenvalue weighted by atomic mass is 10.1. The second-order valence-electron chi connectivity index (χ2n) is 3.28. The van der Waals surface area contributed by atoms with E-state index in [0.29, 0.717) is 12.2 Å². The van der Waals surface area contributed by atoms with E-state index in [1.54, 1.807) is 30.4 Å². The van der Waals surface area contributed by atoms with E-state index in [4.69, 9.17) is 5.73 Å². The number of nitrogens with two attached hydrogens (primary N) is 1. The van der Waals surface area contributed by atoms with Gasteiger partial charge in [0.2, 0.25) is 0 Å². The highest BCUT2D eigenvalue weighted by molar-refractivity contribution is 6.21. The number of hydrogen-bond donors (Lipinski definition) is 1. The molecule has 0 aliphatic heterocycles. The first-order valence-corrected chi connectivity index (χ1v) is 4.98. The molecule has 0 fully saturated rings. The first-order valence-electron chi connectivity index (χ1n) is 4.98. The summed E-state index contributed by atoms with van der Waals surface area (Å²) in [5.41, 5.74) is 7.95. The number of likely N-dealkylation sites (N-methyl/N-ethyl adjacent to an activating group) is 1. The minimum atomic E-state index is 0.663. The first kappa shape index (κ1) is 14.2. The Morgan fingerprint density at radius 3 is 2.44 bits per heavy atom. The van der Waals surface area contributed by atoms with Crippen molar-refractivity contribution >= 4 is 11.9 Å². The van der Waals surface area contributed by atoms with Crippen LogP contribution in [0, 0.1) is 0 Å². The normalized spacial score (nSPS) is 13.6. The molecule has 0 bridgehead atoms. The predicted octanol–water partition coefficient (Wildman–Crippen LogP) is 1.58. The molecule has 2 N–H and O–H groups in total. The van der Waals surface area contributed by atoms with Crippen molar-refractivity contribution < 1.29 is 0 Å². The number of hydrazone groups is 1. The highest BCUT2D eigenvalue weighted by Crippen LogP contribution is 2.01. The Labute approximate surface area is 97.5 Å². The van der Waals surface area contributed by atoms with E-state index < -0.39 is 0 Å². The zero-order chi connectivity index (χ0) is 12.6. The van der Waals surface area contributed by atoms with Gasteiger partial charge in [-0.1, -0.05) is 12.7 Å². The van der Waals surface area contributed by atoms with Gasteiger partial charge in [-0.15, -0.1) is 6.58 Å². The summed E-state index contributed by atoms with van der Waals surface area (Å²) >= 11 is 0. The number of hydrogen-bond acceptors (Lipinski definition) is 4. The van der Waals surface area contributed by atoms with Crippen LogP contribution in [0.4, 0.5) is 0 Å².